The fourth-order valence-electron chi connectivity index (χ4n) is 4.77. The number of amides is 1. The molecule has 0 unspecified atom stereocenters. The summed E-state index contributed by atoms with van der Waals surface area (Å²) in [5, 5.41) is 0.777. The molecule has 1 amide bonds. The van der Waals surface area contributed by atoms with E-state index in [0.717, 1.165) is 18.7 Å². The van der Waals surface area contributed by atoms with Crippen molar-refractivity contribution >= 4 is 28.5 Å². The topological polar surface area (TPSA) is 81.5 Å². The minimum atomic E-state index is -0.622. The molecular weight excluding hydrogens is 472 g/mol. The van der Waals surface area contributed by atoms with Crippen molar-refractivity contribution < 1.29 is 23.4 Å². The van der Waals surface area contributed by atoms with E-state index in [4.69, 9.17) is 30.2 Å². The number of methoxy groups -OCH3 is 1. The lowest BCUT2D eigenvalue weighted by atomic mass is 9.98. The van der Waals surface area contributed by atoms with Gasteiger partial charge in [-0.15, -0.1) is 0 Å². The average Bonchev–Trinajstić information content (AvgIpc) is 3.16. The molecule has 3 aromatic rings. The zero-order valence-corrected chi connectivity index (χ0v) is 20.5. The van der Waals surface area contributed by atoms with Gasteiger partial charge in [-0.3, -0.25) is 14.5 Å². The highest BCUT2D eigenvalue weighted by molar-refractivity contribution is 6.31. The number of carbonyl (C=O) groups is 1. The maximum Gasteiger partial charge on any atom is 0.290 e. The van der Waals surface area contributed by atoms with Crippen LogP contribution in [0.15, 0.2) is 45.6 Å². The number of ether oxygens (including phenoxy) is 3. The first-order valence-electron chi connectivity index (χ1n) is 11.7. The van der Waals surface area contributed by atoms with Crippen LogP contribution in [0.25, 0.3) is 11.0 Å². The largest absolute Gasteiger partial charge is 0.493 e. The minimum absolute atomic E-state index is 0.0738. The molecule has 9 heteroatoms. The normalized spacial score (nSPS) is 18.2. The van der Waals surface area contributed by atoms with Crippen molar-refractivity contribution in [3.63, 3.8) is 0 Å². The molecule has 0 aliphatic carbocycles. The summed E-state index contributed by atoms with van der Waals surface area (Å²) in [5.41, 5.74) is 1.14. The van der Waals surface area contributed by atoms with Gasteiger partial charge in [0.05, 0.1) is 43.9 Å². The molecule has 1 atom stereocenters. The molecule has 0 saturated carbocycles. The standard InChI is InChI=1S/C26H27ClN2O6/c1-3-34-20-6-4-16(14-21(20)32-2)23-22-24(30)18-15-17(27)5-7-19(18)35-25(22)26(31)29(23)9-8-28-10-12-33-13-11-28/h4-7,14-15,23H,3,8-13H2,1-2H3/t23-/m0/s1. The van der Waals surface area contributed by atoms with Gasteiger partial charge >= 0.3 is 0 Å². The van der Waals surface area contributed by atoms with Crippen LogP contribution in [0.1, 0.15) is 34.6 Å². The van der Waals surface area contributed by atoms with Crippen molar-refractivity contribution in [2.24, 2.45) is 0 Å². The lowest BCUT2D eigenvalue weighted by molar-refractivity contribution is 0.0314. The van der Waals surface area contributed by atoms with E-state index in [2.05, 4.69) is 4.90 Å². The summed E-state index contributed by atoms with van der Waals surface area (Å²) >= 11 is 6.17. The second kappa shape index (κ2) is 9.89. The Kier molecular flexibility index (Phi) is 6.69. The van der Waals surface area contributed by atoms with Crippen molar-refractivity contribution in [2.75, 3.05) is 53.1 Å². The molecule has 0 N–H and O–H groups in total. The third kappa shape index (κ3) is 4.37. The lowest BCUT2D eigenvalue weighted by Crippen LogP contribution is -2.42. The maximum atomic E-state index is 13.7. The van der Waals surface area contributed by atoms with E-state index in [1.54, 1.807) is 36.3 Å². The molecule has 1 fully saturated rings. The molecule has 5 rings (SSSR count). The molecule has 2 aliphatic rings. The van der Waals surface area contributed by atoms with Gasteiger partial charge in [-0.2, -0.15) is 0 Å². The van der Waals surface area contributed by atoms with Crippen LogP contribution >= 0.6 is 11.6 Å². The van der Waals surface area contributed by atoms with Gasteiger partial charge in [0.2, 0.25) is 5.76 Å². The van der Waals surface area contributed by atoms with Gasteiger partial charge in [-0.1, -0.05) is 17.7 Å². The fraction of sp³-hybridized carbons (Fsp3) is 0.385. The molecule has 3 heterocycles. The van der Waals surface area contributed by atoms with E-state index >= 15 is 0 Å². The van der Waals surface area contributed by atoms with Gasteiger partial charge in [0.25, 0.3) is 5.91 Å². The number of fused-ring (bicyclic) bond motifs is 2. The van der Waals surface area contributed by atoms with Crippen LogP contribution in [0.5, 0.6) is 11.5 Å². The first-order chi connectivity index (χ1) is 17.0. The van der Waals surface area contributed by atoms with Crippen molar-refractivity contribution in [2.45, 2.75) is 13.0 Å². The average molecular weight is 499 g/mol. The highest BCUT2D eigenvalue weighted by Gasteiger charge is 2.43. The molecule has 2 aliphatic heterocycles. The Morgan fingerprint density at radius 3 is 2.60 bits per heavy atom. The third-order valence-electron chi connectivity index (χ3n) is 6.49. The molecule has 35 heavy (non-hydrogen) atoms. The molecule has 184 valence electrons. The third-order valence-corrected chi connectivity index (χ3v) is 6.73. The Morgan fingerprint density at radius 1 is 1.06 bits per heavy atom. The summed E-state index contributed by atoms with van der Waals surface area (Å²) in [6.07, 6.45) is 0. The summed E-state index contributed by atoms with van der Waals surface area (Å²) < 4.78 is 22.7. The van der Waals surface area contributed by atoms with E-state index in [1.165, 1.54) is 0 Å². The number of nitrogens with zero attached hydrogens (tertiary/aromatic N) is 2. The van der Waals surface area contributed by atoms with Crippen LogP contribution in [0.3, 0.4) is 0 Å². The Bertz CT molecular complexity index is 1320. The summed E-state index contributed by atoms with van der Waals surface area (Å²) in [6, 6.07) is 9.72. The summed E-state index contributed by atoms with van der Waals surface area (Å²) in [7, 11) is 1.56. The molecular formula is C26H27ClN2O6. The van der Waals surface area contributed by atoms with Crippen LogP contribution < -0.4 is 14.9 Å². The predicted molar refractivity (Wildman–Crippen MR) is 132 cm³/mol. The van der Waals surface area contributed by atoms with E-state index < -0.39 is 6.04 Å². The van der Waals surface area contributed by atoms with Gasteiger partial charge in [0.15, 0.2) is 16.9 Å². The molecule has 0 radical (unpaired) electrons. The smallest absolute Gasteiger partial charge is 0.290 e. The molecule has 2 aromatic carbocycles. The Labute approximate surface area is 207 Å². The molecule has 1 aromatic heterocycles. The Balaban J connectivity index is 1.62. The first-order valence-corrected chi connectivity index (χ1v) is 12.1. The highest BCUT2D eigenvalue weighted by atomic mass is 35.5. The number of rotatable bonds is 7. The first kappa shape index (κ1) is 23.7. The number of carbonyl (C=O) groups excluding carboxylic acids is 1. The van der Waals surface area contributed by atoms with Crippen molar-refractivity contribution in [1.29, 1.82) is 0 Å². The Hall–Kier alpha value is -3.07. The zero-order valence-electron chi connectivity index (χ0n) is 19.7. The van der Waals surface area contributed by atoms with Crippen LogP contribution in [0.4, 0.5) is 0 Å². The van der Waals surface area contributed by atoms with Crippen LogP contribution in [0.2, 0.25) is 5.02 Å². The second-order valence-corrected chi connectivity index (χ2v) is 8.95. The molecule has 0 bridgehead atoms. The van der Waals surface area contributed by atoms with E-state index in [1.807, 2.05) is 19.1 Å². The predicted octanol–water partition coefficient (Wildman–Crippen LogP) is 3.73. The van der Waals surface area contributed by atoms with E-state index in [9.17, 15) is 9.59 Å². The van der Waals surface area contributed by atoms with Crippen molar-refractivity contribution in [3.8, 4) is 11.5 Å². The fourth-order valence-corrected chi connectivity index (χ4v) is 4.94. The summed E-state index contributed by atoms with van der Waals surface area (Å²) in [5.74, 6) is 0.900. The molecule has 1 saturated heterocycles. The van der Waals surface area contributed by atoms with Gasteiger partial charge in [-0.05, 0) is 42.8 Å². The van der Waals surface area contributed by atoms with Gasteiger partial charge < -0.3 is 23.5 Å². The van der Waals surface area contributed by atoms with Crippen LogP contribution in [0, 0.1) is 0 Å². The molecule has 8 nitrogen and oxygen atoms in total. The minimum Gasteiger partial charge on any atom is -0.493 e. The Morgan fingerprint density at radius 2 is 1.86 bits per heavy atom. The van der Waals surface area contributed by atoms with Gasteiger partial charge in [-0.25, -0.2) is 0 Å². The molecule has 0 spiro atoms. The number of morpholine rings is 1. The monoisotopic (exact) mass is 498 g/mol. The number of hydrogen-bond donors (Lipinski definition) is 0. The van der Waals surface area contributed by atoms with Crippen molar-refractivity contribution in [1.82, 2.24) is 9.80 Å². The summed E-state index contributed by atoms with van der Waals surface area (Å²) in [6.45, 7) is 6.41. The quantitative estimate of drug-likeness (QED) is 0.491. The lowest BCUT2D eigenvalue weighted by Gasteiger charge is -2.31. The number of hydrogen-bond acceptors (Lipinski definition) is 7. The van der Waals surface area contributed by atoms with E-state index in [0.29, 0.717) is 66.0 Å². The highest BCUT2D eigenvalue weighted by Crippen LogP contribution is 2.41. The summed E-state index contributed by atoms with van der Waals surface area (Å²) in [4.78, 5) is 31.3. The van der Waals surface area contributed by atoms with Crippen molar-refractivity contribution in [3.05, 3.63) is 68.5 Å². The van der Waals surface area contributed by atoms with Gasteiger partial charge in [0, 0.05) is 31.2 Å². The van der Waals surface area contributed by atoms with Gasteiger partial charge in [0.1, 0.15) is 5.58 Å². The SMILES string of the molecule is CCOc1ccc([C@H]2c3c(oc4ccc(Cl)cc4c3=O)C(=O)N2CCN2CCOCC2)cc1OC. The zero-order chi connectivity index (χ0) is 24.5. The number of halogens is 1. The van der Waals surface area contributed by atoms with E-state index in [-0.39, 0.29) is 17.1 Å². The van der Waals surface area contributed by atoms with Crippen LogP contribution in [-0.2, 0) is 4.74 Å². The second-order valence-electron chi connectivity index (χ2n) is 8.51. The number of benzene rings is 2. The maximum absolute atomic E-state index is 13.7. The van der Waals surface area contributed by atoms with Crippen LogP contribution in [-0.4, -0.2) is 68.8 Å².